The lowest BCUT2D eigenvalue weighted by Gasteiger charge is -2.27. The molecule has 2 unspecified atom stereocenters. The smallest absolute Gasteiger partial charge is 0.308 e. The van der Waals surface area contributed by atoms with Gasteiger partial charge in [0.25, 0.3) is 0 Å². The van der Waals surface area contributed by atoms with E-state index in [4.69, 9.17) is 5.11 Å². The van der Waals surface area contributed by atoms with E-state index in [0.717, 1.165) is 25.9 Å². The van der Waals surface area contributed by atoms with Crippen LogP contribution in [-0.4, -0.2) is 52.5 Å². The van der Waals surface area contributed by atoms with Crippen molar-refractivity contribution >= 4 is 36.7 Å². The quantitative estimate of drug-likeness (QED) is 0.878. The van der Waals surface area contributed by atoms with E-state index in [2.05, 4.69) is 17.0 Å². The monoisotopic (exact) mass is 374 g/mol. The third-order valence-corrected chi connectivity index (χ3v) is 4.73. The summed E-state index contributed by atoms with van der Waals surface area (Å²) < 4.78 is 0. The minimum Gasteiger partial charge on any atom is -0.481 e. The van der Waals surface area contributed by atoms with Crippen LogP contribution >= 0.6 is 24.8 Å². The number of hydrogen-bond acceptors (Lipinski definition) is 3. The number of carboxylic acid groups (broad SMARTS) is 1. The first-order valence-corrected chi connectivity index (χ1v) is 7.94. The van der Waals surface area contributed by atoms with Gasteiger partial charge in [0.2, 0.25) is 5.91 Å². The number of rotatable bonds is 4. The van der Waals surface area contributed by atoms with E-state index in [1.54, 1.807) is 4.90 Å². The van der Waals surface area contributed by atoms with Crippen molar-refractivity contribution in [3.63, 3.8) is 0 Å². The summed E-state index contributed by atoms with van der Waals surface area (Å²) in [5, 5.41) is 9.08. The molecule has 0 aromatic heterocycles. The Balaban J connectivity index is 0.00000144. The van der Waals surface area contributed by atoms with Gasteiger partial charge in [-0.05, 0) is 31.4 Å². The Bertz CT molecular complexity index is 556. The molecular weight excluding hydrogens is 351 g/mol. The summed E-state index contributed by atoms with van der Waals surface area (Å²) in [6.07, 6.45) is 2.48. The van der Waals surface area contributed by atoms with Crippen LogP contribution in [0.1, 0.15) is 24.8 Å². The van der Waals surface area contributed by atoms with E-state index in [1.807, 2.05) is 18.2 Å². The summed E-state index contributed by atoms with van der Waals surface area (Å²) in [6, 6.07) is 10.1. The molecule has 2 saturated heterocycles. The molecule has 1 aromatic rings. The highest BCUT2D eigenvalue weighted by atomic mass is 35.5. The molecule has 0 saturated carbocycles. The molecule has 24 heavy (non-hydrogen) atoms. The van der Waals surface area contributed by atoms with Crippen molar-refractivity contribution in [2.75, 3.05) is 19.6 Å². The molecule has 0 bridgehead atoms. The fraction of sp³-hybridized carbons (Fsp3) is 0.529. The van der Waals surface area contributed by atoms with E-state index in [1.165, 1.54) is 5.56 Å². The van der Waals surface area contributed by atoms with Crippen LogP contribution in [0.5, 0.6) is 0 Å². The van der Waals surface area contributed by atoms with Crippen molar-refractivity contribution in [3.05, 3.63) is 35.9 Å². The zero-order valence-corrected chi connectivity index (χ0v) is 15.1. The van der Waals surface area contributed by atoms with Gasteiger partial charge < -0.3 is 10.0 Å². The maximum Gasteiger partial charge on any atom is 0.308 e. The molecule has 0 radical (unpaired) electrons. The number of benzene rings is 1. The third-order valence-electron chi connectivity index (χ3n) is 4.73. The number of nitrogens with zero attached hydrogens (tertiary/aromatic N) is 2. The average molecular weight is 375 g/mol. The van der Waals surface area contributed by atoms with Crippen molar-refractivity contribution in [3.8, 4) is 0 Å². The van der Waals surface area contributed by atoms with E-state index >= 15 is 0 Å². The van der Waals surface area contributed by atoms with Gasteiger partial charge in [-0.2, -0.15) is 0 Å². The molecule has 2 heterocycles. The molecule has 1 aromatic carbocycles. The predicted molar refractivity (Wildman–Crippen MR) is 96.7 cm³/mol. The normalized spacial score (nSPS) is 23.4. The number of halogens is 2. The summed E-state index contributed by atoms with van der Waals surface area (Å²) in [7, 11) is 0. The first kappa shape index (κ1) is 20.7. The topological polar surface area (TPSA) is 60.9 Å². The Morgan fingerprint density at radius 2 is 1.79 bits per heavy atom. The second-order valence-electron chi connectivity index (χ2n) is 6.22. The average Bonchev–Trinajstić information content (AvgIpc) is 3.17. The maximum absolute atomic E-state index is 12.7. The number of amides is 1. The van der Waals surface area contributed by atoms with E-state index in [9.17, 15) is 9.59 Å². The van der Waals surface area contributed by atoms with Crippen LogP contribution < -0.4 is 0 Å². The third kappa shape index (κ3) is 4.62. The Hall–Kier alpha value is -1.30. The van der Waals surface area contributed by atoms with Gasteiger partial charge in [-0.15, -0.1) is 24.8 Å². The number of likely N-dealkylation sites (tertiary alicyclic amines) is 2. The second kappa shape index (κ2) is 9.25. The highest BCUT2D eigenvalue weighted by Gasteiger charge is 2.38. The molecule has 1 N–H and O–H groups in total. The molecule has 2 atom stereocenters. The highest BCUT2D eigenvalue weighted by molar-refractivity contribution is 5.85. The number of hydrogen-bond donors (Lipinski definition) is 1. The number of carbonyl (C=O) groups is 2. The van der Waals surface area contributed by atoms with Crippen LogP contribution in [-0.2, 0) is 16.1 Å². The van der Waals surface area contributed by atoms with Gasteiger partial charge in [-0.3, -0.25) is 14.5 Å². The molecule has 2 aliphatic rings. The van der Waals surface area contributed by atoms with Crippen LogP contribution in [0, 0.1) is 5.92 Å². The van der Waals surface area contributed by atoms with Gasteiger partial charge in [0.1, 0.15) is 0 Å². The largest absolute Gasteiger partial charge is 0.481 e. The van der Waals surface area contributed by atoms with Crippen molar-refractivity contribution in [1.82, 2.24) is 9.80 Å². The summed E-state index contributed by atoms with van der Waals surface area (Å²) in [5.74, 6) is -1.08. The van der Waals surface area contributed by atoms with Gasteiger partial charge in [-0.25, -0.2) is 0 Å². The fourth-order valence-electron chi connectivity index (χ4n) is 3.49. The lowest BCUT2D eigenvalue weighted by atomic mass is 10.1. The Kier molecular flexibility index (Phi) is 8.00. The van der Waals surface area contributed by atoms with E-state index < -0.39 is 11.9 Å². The minimum absolute atomic E-state index is 0. The Morgan fingerprint density at radius 1 is 1.08 bits per heavy atom. The second-order valence-corrected chi connectivity index (χ2v) is 6.22. The lowest BCUT2D eigenvalue weighted by molar-refractivity contribution is -0.141. The van der Waals surface area contributed by atoms with Crippen LogP contribution in [0.4, 0.5) is 0 Å². The zero-order chi connectivity index (χ0) is 15.5. The summed E-state index contributed by atoms with van der Waals surface area (Å²) in [5.41, 5.74) is 1.21. The molecule has 2 aliphatic heterocycles. The summed E-state index contributed by atoms with van der Waals surface area (Å²) in [6.45, 7) is 2.66. The molecule has 1 amide bonds. The summed E-state index contributed by atoms with van der Waals surface area (Å²) in [4.78, 5) is 27.7. The van der Waals surface area contributed by atoms with Gasteiger partial charge in [0.05, 0.1) is 12.0 Å². The minimum atomic E-state index is -0.789. The maximum atomic E-state index is 12.7. The zero-order valence-electron chi connectivity index (χ0n) is 13.5. The van der Waals surface area contributed by atoms with Crippen LogP contribution in [0.25, 0.3) is 0 Å². The molecule has 0 spiro atoms. The van der Waals surface area contributed by atoms with Gasteiger partial charge in [-0.1, -0.05) is 30.3 Å². The first-order chi connectivity index (χ1) is 10.6. The fourth-order valence-corrected chi connectivity index (χ4v) is 3.49. The van der Waals surface area contributed by atoms with Gasteiger partial charge in [0.15, 0.2) is 0 Å². The Labute approximate surface area is 154 Å². The molecule has 2 fully saturated rings. The van der Waals surface area contributed by atoms with Crippen molar-refractivity contribution in [1.29, 1.82) is 0 Å². The Morgan fingerprint density at radius 3 is 2.42 bits per heavy atom. The van der Waals surface area contributed by atoms with Crippen LogP contribution in [0.2, 0.25) is 0 Å². The highest BCUT2D eigenvalue weighted by Crippen LogP contribution is 2.25. The first-order valence-electron chi connectivity index (χ1n) is 7.94. The molecule has 0 aliphatic carbocycles. The van der Waals surface area contributed by atoms with Crippen molar-refractivity contribution in [2.45, 2.75) is 31.8 Å². The van der Waals surface area contributed by atoms with Crippen LogP contribution in [0.15, 0.2) is 30.3 Å². The van der Waals surface area contributed by atoms with Gasteiger partial charge >= 0.3 is 5.97 Å². The summed E-state index contributed by atoms with van der Waals surface area (Å²) >= 11 is 0. The molecular formula is C17H24Cl2N2O3. The van der Waals surface area contributed by atoms with Gasteiger partial charge in [0, 0.05) is 19.6 Å². The molecule has 5 nitrogen and oxygen atoms in total. The number of carbonyl (C=O) groups excluding carboxylic acids is 1. The molecule has 7 heteroatoms. The van der Waals surface area contributed by atoms with E-state index in [0.29, 0.717) is 19.5 Å². The number of carboxylic acids is 1. The van der Waals surface area contributed by atoms with Crippen LogP contribution in [0.3, 0.4) is 0 Å². The number of aliphatic carboxylic acids is 1. The lowest BCUT2D eigenvalue weighted by Crippen LogP contribution is -2.44. The molecule has 3 rings (SSSR count). The molecule has 134 valence electrons. The standard InChI is InChI=1S/C17H22N2O3.2ClH/c20-16(19-10-8-14(12-19)17(21)22)15-7-4-9-18(15)11-13-5-2-1-3-6-13;;/h1-3,5-6,14-15H,4,7-12H2,(H,21,22);2*1H. The van der Waals surface area contributed by atoms with E-state index in [-0.39, 0.29) is 36.8 Å². The SMILES string of the molecule is Cl.Cl.O=C(O)C1CCN(C(=O)C2CCCN2Cc2ccccc2)C1. The predicted octanol–water partition coefficient (Wildman–Crippen LogP) is 2.43. The van der Waals surface area contributed by atoms with Crippen molar-refractivity contribution < 1.29 is 14.7 Å². The van der Waals surface area contributed by atoms with Crippen molar-refractivity contribution in [2.24, 2.45) is 5.92 Å².